The van der Waals surface area contributed by atoms with Gasteiger partial charge in [0.1, 0.15) is 11.7 Å². The van der Waals surface area contributed by atoms with Gasteiger partial charge in [0.15, 0.2) is 0 Å². The lowest BCUT2D eigenvalue weighted by Crippen LogP contribution is -2.27. The first kappa shape index (κ1) is 14.4. The second-order valence-electron chi connectivity index (χ2n) is 4.65. The van der Waals surface area contributed by atoms with Crippen LogP contribution in [0.4, 0.5) is 10.5 Å². The largest absolute Gasteiger partial charge is 0.444 e. The molecule has 0 heterocycles. The van der Waals surface area contributed by atoms with Gasteiger partial charge in [0, 0.05) is 10.6 Å². The quantitative estimate of drug-likeness (QED) is 0.828. The Labute approximate surface area is 111 Å². The van der Waals surface area contributed by atoms with Crippen molar-refractivity contribution in [3.8, 4) is 6.07 Å². The maximum atomic E-state index is 11.6. The third-order valence-electron chi connectivity index (χ3n) is 1.97. The zero-order valence-electron chi connectivity index (χ0n) is 10.9. The molecule has 1 aromatic carbocycles. The Morgan fingerprint density at radius 2 is 2.11 bits per heavy atom. The van der Waals surface area contributed by atoms with E-state index in [1.165, 1.54) is 11.8 Å². The summed E-state index contributed by atoms with van der Waals surface area (Å²) in [7, 11) is 0. The van der Waals surface area contributed by atoms with Crippen molar-refractivity contribution in [1.29, 1.82) is 5.26 Å². The molecule has 0 spiro atoms. The number of nitrogens with zero attached hydrogens (tertiary/aromatic N) is 1. The Bertz CT molecular complexity index is 487. The Balaban J connectivity index is 2.81. The molecule has 96 valence electrons. The fourth-order valence-corrected chi connectivity index (χ4v) is 1.82. The number of nitriles is 1. The highest BCUT2D eigenvalue weighted by molar-refractivity contribution is 7.98. The number of ether oxygens (including phenoxy) is 1. The zero-order chi connectivity index (χ0) is 13.8. The van der Waals surface area contributed by atoms with Gasteiger partial charge in [0.2, 0.25) is 0 Å². The minimum Gasteiger partial charge on any atom is -0.444 e. The molecule has 0 saturated carbocycles. The van der Waals surface area contributed by atoms with Gasteiger partial charge in [-0.05, 0) is 45.2 Å². The van der Waals surface area contributed by atoms with Crippen molar-refractivity contribution in [2.24, 2.45) is 0 Å². The van der Waals surface area contributed by atoms with E-state index in [2.05, 4.69) is 11.4 Å². The van der Waals surface area contributed by atoms with Crippen molar-refractivity contribution in [2.45, 2.75) is 31.3 Å². The first-order valence-electron chi connectivity index (χ1n) is 5.44. The molecule has 0 bridgehead atoms. The molecule has 0 atom stereocenters. The lowest BCUT2D eigenvalue weighted by molar-refractivity contribution is 0.0636. The van der Waals surface area contributed by atoms with Crippen LogP contribution in [-0.4, -0.2) is 18.0 Å². The number of thioether (sulfide) groups is 1. The molecule has 0 saturated heterocycles. The summed E-state index contributed by atoms with van der Waals surface area (Å²) in [5.41, 5.74) is 0.552. The Morgan fingerprint density at radius 1 is 1.44 bits per heavy atom. The fraction of sp³-hybridized carbons (Fsp3) is 0.385. The second-order valence-corrected chi connectivity index (χ2v) is 5.50. The average molecular weight is 264 g/mol. The van der Waals surface area contributed by atoms with Crippen LogP contribution in [0.1, 0.15) is 26.3 Å². The Morgan fingerprint density at radius 3 is 2.61 bits per heavy atom. The van der Waals surface area contributed by atoms with E-state index in [0.29, 0.717) is 11.3 Å². The molecule has 0 fully saturated rings. The first-order valence-corrected chi connectivity index (χ1v) is 6.66. The van der Waals surface area contributed by atoms with E-state index in [4.69, 9.17) is 10.00 Å². The normalized spacial score (nSPS) is 10.6. The number of anilines is 1. The molecule has 0 aromatic heterocycles. The summed E-state index contributed by atoms with van der Waals surface area (Å²) in [6, 6.07) is 7.28. The predicted octanol–water partition coefficient (Wildman–Crippen LogP) is 3.63. The summed E-state index contributed by atoms with van der Waals surface area (Å²) in [6.45, 7) is 5.39. The van der Waals surface area contributed by atoms with Crippen molar-refractivity contribution in [2.75, 3.05) is 11.6 Å². The molecule has 0 radical (unpaired) electrons. The maximum absolute atomic E-state index is 11.6. The highest BCUT2D eigenvalue weighted by Crippen LogP contribution is 2.23. The monoisotopic (exact) mass is 264 g/mol. The Kier molecular flexibility index (Phi) is 4.62. The smallest absolute Gasteiger partial charge is 0.412 e. The van der Waals surface area contributed by atoms with E-state index >= 15 is 0 Å². The van der Waals surface area contributed by atoms with Gasteiger partial charge in [-0.15, -0.1) is 11.8 Å². The van der Waals surface area contributed by atoms with Crippen LogP contribution in [0.15, 0.2) is 23.1 Å². The van der Waals surface area contributed by atoms with E-state index < -0.39 is 11.7 Å². The lowest BCUT2D eigenvalue weighted by atomic mass is 10.2. The molecule has 1 rings (SSSR count). The third-order valence-corrected chi connectivity index (χ3v) is 2.76. The van der Waals surface area contributed by atoms with E-state index in [0.717, 1.165) is 4.90 Å². The molecule has 0 unspecified atom stereocenters. The van der Waals surface area contributed by atoms with Crippen LogP contribution in [0.2, 0.25) is 0 Å². The van der Waals surface area contributed by atoms with Gasteiger partial charge >= 0.3 is 6.09 Å². The predicted molar refractivity (Wildman–Crippen MR) is 72.8 cm³/mol. The highest BCUT2D eigenvalue weighted by Gasteiger charge is 2.16. The van der Waals surface area contributed by atoms with Crippen LogP contribution >= 0.6 is 11.8 Å². The SMILES string of the molecule is CSc1ccc(NC(=O)OC(C)(C)C)cc1C#N. The summed E-state index contributed by atoms with van der Waals surface area (Å²) < 4.78 is 5.13. The van der Waals surface area contributed by atoms with Crippen LogP contribution in [0.25, 0.3) is 0 Å². The fourth-order valence-electron chi connectivity index (χ4n) is 1.29. The van der Waals surface area contributed by atoms with Crippen LogP contribution < -0.4 is 5.32 Å². The highest BCUT2D eigenvalue weighted by atomic mass is 32.2. The molecular weight excluding hydrogens is 248 g/mol. The lowest BCUT2D eigenvalue weighted by Gasteiger charge is -2.19. The molecule has 18 heavy (non-hydrogen) atoms. The average Bonchev–Trinajstić information content (AvgIpc) is 2.26. The van der Waals surface area contributed by atoms with E-state index in [1.807, 2.05) is 6.26 Å². The molecule has 1 amide bonds. The van der Waals surface area contributed by atoms with Crippen LogP contribution in [0.3, 0.4) is 0 Å². The molecule has 0 aliphatic carbocycles. The summed E-state index contributed by atoms with van der Waals surface area (Å²) in [5, 5.41) is 11.6. The molecule has 0 aliphatic rings. The van der Waals surface area contributed by atoms with Gasteiger partial charge in [0.05, 0.1) is 5.56 Å². The van der Waals surface area contributed by atoms with Crippen LogP contribution in [-0.2, 0) is 4.74 Å². The summed E-state index contributed by atoms with van der Waals surface area (Å²) in [4.78, 5) is 12.4. The van der Waals surface area contributed by atoms with Gasteiger partial charge in [0.25, 0.3) is 0 Å². The van der Waals surface area contributed by atoms with Crippen LogP contribution in [0.5, 0.6) is 0 Å². The number of hydrogen-bond acceptors (Lipinski definition) is 4. The number of benzene rings is 1. The van der Waals surface area contributed by atoms with Crippen molar-refractivity contribution >= 4 is 23.5 Å². The van der Waals surface area contributed by atoms with Gasteiger partial charge in [-0.2, -0.15) is 5.26 Å². The minimum atomic E-state index is -0.540. The van der Waals surface area contributed by atoms with E-state index in [9.17, 15) is 4.79 Å². The molecule has 1 aromatic rings. The van der Waals surface area contributed by atoms with Crippen molar-refractivity contribution in [1.82, 2.24) is 0 Å². The number of carbonyl (C=O) groups excluding carboxylic acids is 1. The van der Waals surface area contributed by atoms with Gasteiger partial charge in [-0.3, -0.25) is 5.32 Å². The number of carbonyl (C=O) groups is 1. The molecule has 0 aliphatic heterocycles. The minimum absolute atomic E-state index is 0.525. The standard InChI is InChI=1S/C13H16N2O2S/c1-13(2,3)17-12(16)15-10-5-6-11(18-4)9(7-10)8-14/h5-7H,1-4H3,(H,15,16). The van der Waals surface area contributed by atoms with Crippen molar-refractivity contribution in [3.05, 3.63) is 23.8 Å². The number of rotatable bonds is 2. The van der Waals surface area contributed by atoms with Gasteiger partial charge < -0.3 is 4.74 Å². The molecular formula is C13H16N2O2S. The van der Waals surface area contributed by atoms with E-state index in [1.54, 1.807) is 39.0 Å². The Hall–Kier alpha value is -1.67. The topological polar surface area (TPSA) is 62.1 Å². The first-order chi connectivity index (χ1) is 8.35. The summed E-state index contributed by atoms with van der Waals surface area (Å²) in [6.07, 6.45) is 1.38. The van der Waals surface area contributed by atoms with Crippen LogP contribution in [0, 0.1) is 11.3 Å². The van der Waals surface area contributed by atoms with Crippen molar-refractivity contribution < 1.29 is 9.53 Å². The summed E-state index contributed by atoms with van der Waals surface area (Å²) in [5.74, 6) is 0. The van der Waals surface area contributed by atoms with Gasteiger partial charge in [-0.1, -0.05) is 0 Å². The molecule has 4 nitrogen and oxygen atoms in total. The maximum Gasteiger partial charge on any atom is 0.412 e. The second kappa shape index (κ2) is 5.78. The zero-order valence-corrected chi connectivity index (χ0v) is 11.7. The number of hydrogen-bond donors (Lipinski definition) is 1. The third kappa shape index (κ3) is 4.30. The van der Waals surface area contributed by atoms with E-state index in [-0.39, 0.29) is 0 Å². The molecule has 1 N–H and O–H groups in total. The molecule has 5 heteroatoms. The number of amides is 1. The van der Waals surface area contributed by atoms with Crippen molar-refractivity contribution in [3.63, 3.8) is 0 Å². The number of nitrogens with one attached hydrogen (secondary N) is 1. The summed E-state index contributed by atoms with van der Waals surface area (Å²) >= 11 is 1.49. The van der Waals surface area contributed by atoms with Gasteiger partial charge in [-0.25, -0.2) is 4.79 Å².